The van der Waals surface area contributed by atoms with E-state index in [4.69, 9.17) is 9.47 Å². The molecule has 0 aromatic heterocycles. The molecule has 0 radical (unpaired) electrons. The number of carbonyl (C=O) groups excluding carboxylic acids is 2. The molecule has 1 aliphatic rings. The monoisotopic (exact) mass is 436 g/mol. The van der Waals surface area contributed by atoms with Crippen molar-refractivity contribution in [3.63, 3.8) is 0 Å². The smallest absolute Gasteiger partial charge is 0.435 e. The minimum Gasteiger partial charge on any atom is -0.435 e. The van der Waals surface area contributed by atoms with Crippen molar-refractivity contribution in [2.45, 2.75) is 130 Å². The molecule has 1 rings (SSSR count). The van der Waals surface area contributed by atoms with Gasteiger partial charge in [0.1, 0.15) is 0 Å². The van der Waals surface area contributed by atoms with Gasteiger partial charge in [0.15, 0.2) is 5.78 Å². The van der Waals surface area contributed by atoms with Crippen LogP contribution in [0.25, 0.3) is 0 Å². The molecule has 31 heavy (non-hydrogen) atoms. The fraction of sp³-hybridized carbons (Fsp3) is 0.852. The molecule has 4 heteroatoms. The lowest BCUT2D eigenvalue weighted by molar-refractivity contribution is -0.124. The highest BCUT2D eigenvalue weighted by Crippen LogP contribution is 2.37. The predicted molar refractivity (Wildman–Crippen MR) is 128 cm³/mol. The average Bonchev–Trinajstić information content (AvgIpc) is 2.73. The number of rotatable bonds is 17. The van der Waals surface area contributed by atoms with E-state index in [1.807, 2.05) is 6.92 Å². The SMILES string of the molecule is CCOC(=O)OCCCCCCCCCCCCCCCC1=C(C)C(=O)C(C)(C)CC1. The Morgan fingerprint density at radius 2 is 1.29 bits per heavy atom. The van der Waals surface area contributed by atoms with E-state index >= 15 is 0 Å². The van der Waals surface area contributed by atoms with Crippen LogP contribution >= 0.6 is 0 Å². The number of ether oxygens (including phenoxy) is 2. The van der Waals surface area contributed by atoms with Gasteiger partial charge in [0.2, 0.25) is 0 Å². The number of unbranched alkanes of at least 4 members (excludes halogenated alkanes) is 12. The third kappa shape index (κ3) is 12.3. The zero-order valence-corrected chi connectivity index (χ0v) is 20.9. The molecule has 0 bridgehead atoms. The van der Waals surface area contributed by atoms with Crippen LogP contribution in [-0.4, -0.2) is 25.2 Å². The van der Waals surface area contributed by atoms with Crippen molar-refractivity contribution < 1.29 is 19.1 Å². The minimum absolute atomic E-state index is 0.145. The number of allylic oxidation sites excluding steroid dienone is 2. The molecule has 0 fully saturated rings. The molecule has 0 aromatic carbocycles. The first-order valence-corrected chi connectivity index (χ1v) is 12.9. The van der Waals surface area contributed by atoms with E-state index in [2.05, 4.69) is 13.8 Å². The van der Waals surface area contributed by atoms with Gasteiger partial charge in [-0.15, -0.1) is 0 Å². The summed E-state index contributed by atoms with van der Waals surface area (Å²) in [6, 6.07) is 0. The van der Waals surface area contributed by atoms with Crippen LogP contribution in [0.2, 0.25) is 0 Å². The van der Waals surface area contributed by atoms with Gasteiger partial charge in [-0.25, -0.2) is 4.79 Å². The Morgan fingerprint density at radius 1 is 0.806 bits per heavy atom. The third-order valence-corrected chi connectivity index (χ3v) is 6.64. The first kappa shape index (κ1) is 27.7. The Kier molecular flexibility index (Phi) is 14.6. The van der Waals surface area contributed by atoms with Crippen LogP contribution in [-0.2, 0) is 14.3 Å². The van der Waals surface area contributed by atoms with E-state index in [9.17, 15) is 9.59 Å². The summed E-state index contributed by atoms with van der Waals surface area (Å²) in [5, 5.41) is 0. The van der Waals surface area contributed by atoms with Gasteiger partial charge in [0.05, 0.1) is 13.2 Å². The standard InChI is InChI=1S/C27H48O4/c1-5-30-26(29)31-22-18-16-14-12-10-8-6-7-9-11-13-15-17-19-24-20-21-27(3,4)25(28)23(24)2/h5-22H2,1-4H3. The summed E-state index contributed by atoms with van der Waals surface area (Å²) in [5.41, 5.74) is 2.34. The summed E-state index contributed by atoms with van der Waals surface area (Å²) in [5.74, 6) is 0.372. The summed E-state index contributed by atoms with van der Waals surface area (Å²) in [4.78, 5) is 23.4. The lowest BCUT2D eigenvalue weighted by Gasteiger charge is -2.30. The molecule has 0 amide bonds. The largest absolute Gasteiger partial charge is 0.508 e. The van der Waals surface area contributed by atoms with E-state index in [1.165, 1.54) is 76.2 Å². The van der Waals surface area contributed by atoms with Crippen LogP contribution in [0.3, 0.4) is 0 Å². The molecule has 0 N–H and O–H groups in total. The van der Waals surface area contributed by atoms with Gasteiger partial charge < -0.3 is 9.47 Å². The fourth-order valence-electron chi connectivity index (χ4n) is 4.45. The third-order valence-electron chi connectivity index (χ3n) is 6.64. The van der Waals surface area contributed by atoms with Gasteiger partial charge in [0, 0.05) is 5.41 Å². The van der Waals surface area contributed by atoms with Crippen molar-refractivity contribution >= 4 is 11.9 Å². The second-order valence-electron chi connectivity index (χ2n) is 9.82. The van der Waals surface area contributed by atoms with E-state index < -0.39 is 6.16 Å². The van der Waals surface area contributed by atoms with Crippen LogP contribution < -0.4 is 0 Å². The number of Topliss-reactive ketones (excluding diaryl/α,β-unsaturated/α-hetero) is 1. The predicted octanol–water partition coefficient (Wildman–Crippen LogP) is 8.33. The maximum Gasteiger partial charge on any atom is 0.508 e. The van der Waals surface area contributed by atoms with Gasteiger partial charge in [0.25, 0.3) is 0 Å². The summed E-state index contributed by atoms with van der Waals surface area (Å²) >= 11 is 0. The lowest BCUT2D eigenvalue weighted by Crippen LogP contribution is -2.29. The van der Waals surface area contributed by atoms with Crippen molar-refractivity contribution in [3.05, 3.63) is 11.1 Å². The zero-order chi connectivity index (χ0) is 23.0. The molecule has 180 valence electrons. The maximum atomic E-state index is 12.4. The van der Waals surface area contributed by atoms with E-state index in [-0.39, 0.29) is 5.41 Å². The molecule has 0 heterocycles. The second-order valence-corrected chi connectivity index (χ2v) is 9.82. The molecule has 0 spiro atoms. The van der Waals surface area contributed by atoms with E-state index in [0.717, 1.165) is 37.7 Å². The number of ketones is 1. The Hall–Kier alpha value is -1.32. The molecule has 0 aromatic rings. The van der Waals surface area contributed by atoms with Crippen molar-refractivity contribution in [1.82, 2.24) is 0 Å². The Bertz CT molecular complexity index is 547. The zero-order valence-electron chi connectivity index (χ0n) is 20.9. The van der Waals surface area contributed by atoms with Crippen molar-refractivity contribution in [3.8, 4) is 0 Å². The Labute approximate surface area is 191 Å². The highest BCUT2D eigenvalue weighted by Gasteiger charge is 2.33. The topological polar surface area (TPSA) is 52.6 Å². The highest BCUT2D eigenvalue weighted by atomic mass is 16.7. The Morgan fingerprint density at radius 3 is 1.81 bits per heavy atom. The highest BCUT2D eigenvalue weighted by molar-refractivity contribution is 6.00. The van der Waals surface area contributed by atoms with Crippen molar-refractivity contribution in [2.24, 2.45) is 5.41 Å². The molecular formula is C27H48O4. The molecular weight excluding hydrogens is 388 g/mol. The Balaban J connectivity index is 1.85. The number of hydrogen-bond acceptors (Lipinski definition) is 4. The molecule has 0 saturated carbocycles. The minimum atomic E-state index is -0.542. The van der Waals surface area contributed by atoms with Crippen LogP contribution in [0.5, 0.6) is 0 Å². The summed E-state index contributed by atoms with van der Waals surface area (Å²) in [7, 11) is 0. The van der Waals surface area contributed by atoms with Crippen LogP contribution in [0.15, 0.2) is 11.1 Å². The molecule has 4 nitrogen and oxygen atoms in total. The molecule has 0 aliphatic heterocycles. The van der Waals surface area contributed by atoms with Gasteiger partial charge in [-0.1, -0.05) is 90.0 Å². The maximum absolute atomic E-state index is 12.4. The fourth-order valence-corrected chi connectivity index (χ4v) is 4.45. The number of hydrogen-bond donors (Lipinski definition) is 0. The van der Waals surface area contributed by atoms with Crippen molar-refractivity contribution in [2.75, 3.05) is 13.2 Å². The molecule has 0 unspecified atom stereocenters. The first-order valence-electron chi connectivity index (χ1n) is 12.9. The van der Waals surface area contributed by atoms with Gasteiger partial charge in [-0.2, -0.15) is 0 Å². The van der Waals surface area contributed by atoms with Gasteiger partial charge >= 0.3 is 6.16 Å². The quantitative estimate of drug-likeness (QED) is 0.170. The van der Waals surface area contributed by atoms with Crippen LogP contribution in [0.4, 0.5) is 4.79 Å². The van der Waals surface area contributed by atoms with Gasteiger partial charge in [-0.05, 0) is 51.5 Å². The lowest BCUT2D eigenvalue weighted by atomic mass is 9.73. The molecule has 1 aliphatic carbocycles. The number of carbonyl (C=O) groups is 2. The van der Waals surface area contributed by atoms with Crippen LogP contribution in [0.1, 0.15) is 130 Å². The van der Waals surface area contributed by atoms with E-state index in [1.54, 1.807) is 6.92 Å². The second kappa shape index (κ2) is 16.3. The first-order chi connectivity index (χ1) is 14.9. The molecule has 0 atom stereocenters. The van der Waals surface area contributed by atoms with Crippen molar-refractivity contribution in [1.29, 1.82) is 0 Å². The summed E-state index contributed by atoms with van der Waals surface area (Å²) in [6.45, 7) is 8.85. The summed E-state index contributed by atoms with van der Waals surface area (Å²) < 4.78 is 9.69. The average molecular weight is 437 g/mol. The molecule has 0 saturated heterocycles. The summed E-state index contributed by atoms with van der Waals surface area (Å²) in [6.07, 6.45) is 19.3. The van der Waals surface area contributed by atoms with E-state index in [0.29, 0.717) is 19.0 Å². The van der Waals surface area contributed by atoms with Gasteiger partial charge in [-0.3, -0.25) is 4.79 Å². The normalized spacial score (nSPS) is 15.9. The van der Waals surface area contributed by atoms with Crippen LogP contribution in [0, 0.1) is 5.41 Å².